The molecule has 0 saturated carbocycles. The van der Waals surface area contributed by atoms with Gasteiger partial charge in [-0.2, -0.15) is 0 Å². The van der Waals surface area contributed by atoms with E-state index >= 15 is 0 Å². The van der Waals surface area contributed by atoms with Gasteiger partial charge in [0, 0.05) is 11.6 Å². The molecule has 2 aromatic carbocycles. The summed E-state index contributed by atoms with van der Waals surface area (Å²) in [7, 11) is 0. The van der Waals surface area contributed by atoms with Gasteiger partial charge in [-0.1, -0.05) is 11.2 Å². The van der Waals surface area contributed by atoms with Gasteiger partial charge in [0.25, 0.3) is 0 Å². The zero-order valence-corrected chi connectivity index (χ0v) is 19.6. The zero-order chi connectivity index (χ0) is 23.8. The molecule has 3 N–H and O–H groups in total. The van der Waals surface area contributed by atoms with Crippen molar-refractivity contribution in [1.82, 2.24) is 5.16 Å². The van der Waals surface area contributed by atoms with Crippen molar-refractivity contribution in [2.45, 2.75) is 65.6 Å². The van der Waals surface area contributed by atoms with Gasteiger partial charge in [-0.15, -0.1) is 0 Å². The third-order valence-electron chi connectivity index (χ3n) is 6.56. The van der Waals surface area contributed by atoms with Crippen LogP contribution >= 0.6 is 0 Å². The molecular weight excluding hydrogens is 422 g/mol. The maximum absolute atomic E-state index is 10.4. The number of benzene rings is 2. The number of phenolic OH excluding ortho intramolecular Hbond substituents is 3. The lowest BCUT2D eigenvalue weighted by molar-refractivity contribution is -0.0384. The molecule has 1 aromatic heterocycles. The summed E-state index contributed by atoms with van der Waals surface area (Å²) in [6.45, 7) is 8.59. The van der Waals surface area contributed by atoms with Crippen LogP contribution in [0.1, 0.15) is 52.6 Å². The van der Waals surface area contributed by atoms with E-state index in [2.05, 4.69) is 5.16 Å². The van der Waals surface area contributed by atoms with Gasteiger partial charge in [0.05, 0.1) is 12.3 Å². The minimum absolute atomic E-state index is 0.125. The molecule has 0 amide bonds. The molecule has 2 heterocycles. The van der Waals surface area contributed by atoms with E-state index < -0.39 is 5.60 Å². The number of ether oxygens (including phenoxy) is 2. The average Bonchev–Trinajstić information content (AvgIpc) is 3.24. The van der Waals surface area contributed by atoms with Gasteiger partial charge in [-0.25, -0.2) is 0 Å². The maximum atomic E-state index is 10.4. The number of aromatic nitrogens is 1. The fourth-order valence-electron chi connectivity index (χ4n) is 4.30. The molecule has 0 spiro atoms. The van der Waals surface area contributed by atoms with E-state index in [4.69, 9.17) is 14.0 Å². The number of rotatable bonds is 7. The Morgan fingerprint density at radius 1 is 1.00 bits per heavy atom. The molecule has 4 rings (SSSR count). The Kier molecular flexibility index (Phi) is 6.26. The van der Waals surface area contributed by atoms with E-state index in [9.17, 15) is 15.3 Å². The second kappa shape index (κ2) is 8.98. The molecule has 0 saturated heterocycles. The lowest BCUT2D eigenvalue weighted by Crippen LogP contribution is -2.41. The minimum Gasteiger partial charge on any atom is -0.507 e. The summed E-state index contributed by atoms with van der Waals surface area (Å²) in [4.78, 5) is 0. The van der Waals surface area contributed by atoms with E-state index in [1.807, 2.05) is 33.8 Å². The van der Waals surface area contributed by atoms with Gasteiger partial charge in [0.2, 0.25) is 0 Å². The van der Waals surface area contributed by atoms with Crippen molar-refractivity contribution in [2.75, 3.05) is 6.61 Å². The van der Waals surface area contributed by atoms with E-state index in [0.717, 1.165) is 52.1 Å². The number of hydrogen-bond acceptors (Lipinski definition) is 7. The van der Waals surface area contributed by atoms with Crippen LogP contribution < -0.4 is 4.74 Å². The van der Waals surface area contributed by atoms with E-state index in [-0.39, 0.29) is 11.5 Å². The molecule has 0 aliphatic carbocycles. The maximum Gasteiger partial charge on any atom is 0.162 e. The molecule has 176 valence electrons. The molecule has 1 aliphatic heterocycles. The smallest absolute Gasteiger partial charge is 0.162 e. The summed E-state index contributed by atoms with van der Waals surface area (Å²) in [5, 5.41) is 33.5. The fourth-order valence-corrected chi connectivity index (χ4v) is 4.30. The van der Waals surface area contributed by atoms with Crippen molar-refractivity contribution in [1.29, 1.82) is 0 Å². The van der Waals surface area contributed by atoms with Crippen LogP contribution in [0.2, 0.25) is 0 Å². The van der Waals surface area contributed by atoms with E-state index in [1.54, 1.807) is 12.1 Å². The molecule has 0 fully saturated rings. The predicted molar refractivity (Wildman–Crippen MR) is 123 cm³/mol. The summed E-state index contributed by atoms with van der Waals surface area (Å²) in [6, 6.07) is 6.67. The molecule has 1 atom stereocenters. The van der Waals surface area contributed by atoms with Crippen LogP contribution in [0, 0.1) is 20.8 Å². The highest BCUT2D eigenvalue weighted by Gasteiger charge is 2.35. The van der Waals surface area contributed by atoms with Crippen LogP contribution in [0.15, 0.2) is 28.8 Å². The third-order valence-corrected chi connectivity index (χ3v) is 6.56. The highest BCUT2D eigenvalue weighted by molar-refractivity contribution is 5.58. The lowest BCUT2D eigenvalue weighted by Gasteiger charge is -2.37. The molecular formula is C26H31NO6. The summed E-state index contributed by atoms with van der Waals surface area (Å²) < 4.78 is 17.7. The van der Waals surface area contributed by atoms with Crippen molar-refractivity contribution in [3.63, 3.8) is 0 Å². The number of phenols is 3. The molecule has 33 heavy (non-hydrogen) atoms. The van der Waals surface area contributed by atoms with Gasteiger partial charge in [-0.3, -0.25) is 0 Å². The fraction of sp³-hybridized carbons (Fsp3) is 0.423. The Morgan fingerprint density at radius 3 is 2.55 bits per heavy atom. The van der Waals surface area contributed by atoms with Gasteiger partial charge >= 0.3 is 0 Å². The molecule has 0 bridgehead atoms. The second-order valence-electron chi connectivity index (χ2n) is 9.18. The van der Waals surface area contributed by atoms with Crippen LogP contribution in [0.4, 0.5) is 0 Å². The first-order valence-corrected chi connectivity index (χ1v) is 11.2. The van der Waals surface area contributed by atoms with Crippen molar-refractivity contribution >= 4 is 0 Å². The summed E-state index contributed by atoms with van der Waals surface area (Å²) in [6.07, 6.45) is 2.94. The first kappa shape index (κ1) is 23.0. The lowest BCUT2D eigenvalue weighted by atomic mass is 9.87. The molecule has 1 aliphatic rings. The predicted octanol–water partition coefficient (Wildman–Crippen LogP) is 4.80. The molecule has 3 aromatic rings. The van der Waals surface area contributed by atoms with Crippen molar-refractivity contribution in [2.24, 2.45) is 0 Å². The quantitative estimate of drug-likeness (QED) is 0.441. The number of aryl methyl sites for hydroxylation is 2. The standard InChI is InChI=1S/C26H31NO6/c1-15-16(2)25-21(17(3)24(15)30)9-10-26(4,32-25)14-31-13-20-12-19(27-33-20)7-5-18-6-8-22(28)23(29)11-18/h6,8,11-12,28-30H,5,7,9-10,13-14H2,1-4H3. The molecule has 7 nitrogen and oxygen atoms in total. The highest BCUT2D eigenvalue weighted by Crippen LogP contribution is 2.43. The normalized spacial score (nSPS) is 17.6. The Labute approximate surface area is 193 Å². The SMILES string of the molecule is Cc1c(C)c2c(c(C)c1O)CCC(C)(COCc1cc(CCc3ccc(O)c(O)c3)no1)O2. The Balaban J connectivity index is 1.32. The Hall–Kier alpha value is -3.19. The van der Waals surface area contributed by atoms with Gasteiger partial charge in [0.15, 0.2) is 17.3 Å². The van der Waals surface area contributed by atoms with Crippen LogP contribution in [0.3, 0.4) is 0 Å². The first-order chi connectivity index (χ1) is 15.7. The first-order valence-electron chi connectivity index (χ1n) is 11.2. The number of aromatic hydroxyl groups is 3. The summed E-state index contributed by atoms with van der Waals surface area (Å²) in [5.74, 6) is 1.61. The van der Waals surface area contributed by atoms with Gasteiger partial charge < -0.3 is 29.3 Å². The van der Waals surface area contributed by atoms with Crippen LogP contribution in [-0.4, -0.2) is 32.7 Å². The third kappa shape index (κ3) is 4.78. The zero-order valence-electron chi connectivity index (χ0n) is 19.6. The molecule has 0 radical (unpaired) electrons. The van der Waals surface area contributed by atoms with Gasteiger partial charge in [0.1, 0.15) is 23.7 Å². The Bertz CT molecular complexity index is 1170. The van der Waals surface area contributed by atoms with Crippen molar-refractivity contribution < 1.29 is 29.3 Å². The second-order valence-corrected chi connectivity index (χ2v) is 9.18. The number of nitrogens with zero attached hydrogens (tertiary/aromatic N) is 1. The Morgan fingerprint density at radius 2 is 1.79 bits per heavy atom. The van der Waals surface area contributed by atoms with Gasteiger partial charge in [-0.05, 0) is 87.8 Å². The van der Waals surface area contributed by atoms with E-state index in [0.29, 0.717) is 37.6 Å². The largest absolute Gasteiger partial charge is 0.507 e. The van der Waals surface area contributed by atoms with Crippen molar-refractivity contribution in [3.05, 3.63) is 63.5 Å². The average molecular weight is 454 g/mol. The number of fused-ring (bicyclic) bond motifs is 1. The van der Waals surface area contributed by atoms with Crippen molar-refractivity contribution in [3.8, 4) is 23.0 Å². The number of hydrogen-bond donors (Lipinski definition) is 3. The van der Waals surface area contributed by atoms with Crippen LogP contribution in [0.5, 0.6) is 23.0 Å². The highest BCUT2D eigenvalue weighted by atomic mass is 16.6. The van der Waals surface area contributed by atoms with E-state index in [1.165, 1.54) is 6.07 Å². The monoisotopic (exact) mass is 453 g/mol. The minimum atomic E-state index is -0.461. The van der Waals surface area contributed by atoms with Crippen LogP contribution in [-0.2, 0) is 30.6 Å². The van der Waals surface area contributed by atoms with Crippen LogP contribution in [0.25, 0.3) is 0 Å². The molecule has 7 heteroatoms. The molecule has 1 unspecified atom stereocenters. The summed E-state index contributed by atoms with van der Waals surface area (Å²) >= 11 is 0. The summed E-state index contributed by atoms with van der Waals surface area (Å²) in [5.41, 5.74) is 5.05. The topological polar surface area (TPSA) is 105 Å².